The molecular weight excluding hydrogens is 278 g/mol. The van der Waals surface area contributed by atoms with Crippen molar-refractivity contribution in [2.75, 3.05) is 12.8 Å². The minimum atomic E-state index is -0.806. The number of rotatable bonds is 6. The summed E-state index contributed by atoms with van der Waals surface area (Å²) in [6.07, 6.45) is 4.89. The molecule has 1 aliphatic carbocycles. The van der Waals surface area contributed by atoms with E-state index in [9.17, 15) is 4.21 Å². The van der Waals surface area contributed by atoms with Gasteiger partial charge >= 0.3 is 0 Å². The second kappa shape index (κ2) is 7.41. The molecule has 0 heterocycles. The third kappa shape index (κ3) is 4.30. The molecule has 0 aromatic heterocycles. The maximum absolute atomic E-state index is 12.1. The first-order valence-electron chi connectivity index (χ1n) is 6.96. The average molecular weight is 300 g/mol. The molecule has 1 fully saturated rings. The minimum absolute atomic E-state index is 0.580. The van der Waals surface area contributed by atoms with Crippen molar-refractivity contribution in [3.63, 3.8) is 0 Å². The van der Waals surface area contributed by atoms with Gasteiger partial charge in [-0.3, -0.25) is 4.21 Å². The van der Waals surface area contributed by atoms with E-state index in [1.165, 1.54) is 19.3 Å². The van der Waals surface area contributed by atoms with Gasteiger partial charge in [0.05, 0.1) is 0 Å². The summed E-state index contributed by atoms with van der Waals surface area (Å²) in [7, 11) is 1.23. The fraction of sp³-hybridized carbons (Fsp3) is 0.600. The predicted molar refractivity (Wildman–Crippen MR) is 83.0 cm³/mol. The van der Waals surface area contributed by atoms with Gasteiger partial charge in [0, 0.05) is 33.4 Å². The fourth-order valence-corrected chi connectivity index (χ4v) is 4.50. The highest BCUT2D eigenvalue weighted by molar-refractivity contribution is 7.84. The Bertz CT molecular complexity index is 438. The van der Waals surface area contributed by atoms with Gasteiger partial charge in [0.25, 0.3) is 0 Å². The van der Waals surface area contributed by atoms with Crippen molar-refractivity contribution in [1.82, 2.24) is 5.32 Å². The van der Waals surface area contributed by atoms with Crippen LogP contribution in [0, 0.1) is 5.92 Å². The molecule has 0 aliphatic heterocycles. The Kier molecular flexibility index (Phi) is 5.86. The number of halogens is 1. The van der Waals surface area contributed by atoms with Crippen molar-refractivity contribution in [3.8, 4) is 0 Å². The van der Waals surface area contributed by atoms with E-state index in [1.807, 2.05) is 31.3 Å². The topological polar surface area (TPSA) is 29.1 Å². The summed E-state index contributed by atoms with van der Waals surface area (Å²) >= 11 is 6.10. The predicted octanol–water partition coefficient (Wildman–Crippen LogP) is 3.37. The fourth-order valence-electron chi connectivity index (χ4n) is 2.91. The molecule has 2 nitrogen and oxygen atoms in total. The van der Waals surface area contributed by atoms with Crippen LogP contribution in [0.3, 0.4) is 0 Å². The van der Waals surface area contributed by atoms with Crippen molar-refractivity contribution in [1.29, 1.82) is 0 Å². The zero-order valence-corrected chi connectivity index (χ0v) is 13.0. The van der Waals surface area contributed by atoms with Crippen molar-refractivity contribution in [2.45, 2.75) is 37.5 Å². The first-order valence-corrected chi connectivity index (χ1v) is 8.83. The summed E-state index contributed by atoms with van der Waals surface area (Å²) in [6, 6.07) is 8.31. The van der Waals surface area contributed by atoms with Crippen molar-refractivity contribution < 1.29 is 4.21 Å². The molecule has 0 amide bonds. The molecule has 0 spiro atoms. The van der Waals surface area contributed by atoms with E-state index in [4.69, 9.17) is 11.6 Å². The van der Waals surface area contributed by atoms with Gasteiger partial charge in [-0.15, -0.1) is 0 Å². The Morgan fingerprint density at radius 3 is 2.89 bits per heavy atom. The molecule has 3 atom stereocenters. The van der Waals surface area contributed by atoms with Crippen LogP contribution in [0.1, 0.15) is 31.2 Å². The van der Waals surface area contributed by atoms with E-state index in [0.717, 1.165) is 22.8 Å². The van der Waals surface area contributed by atoms with Gasteiger partial charge in [0.1, 0.15) is 0 Å². The molecule has 19 heavy (non-hydrogen) atoms. The summed E-state index contributed by atoms with van der Waals surface area (Å²) in [5, 5.41) is 4.10. The first-order chi connectivity index (χ1) is 9.20. The molecule has 1 N–H and O–H groups in total. The van der Waals surface area contributed by atoms with Crippen LogP contribution in [0.2, 0.25) is 5.02 Å². The average Bonchev–Trinajstić information content (AvgIpc) is 2.86. The Balaban J connectivity index is 1.80. The lowest BCUT2D eigenvalue weighted by atomic mass is 10.0. The number of benzene rings is 1. The van der Waals surface area contributed by atoms with Crippen LogP contribution in [0.25, 0.3) is 0 Å². The molecule has 2 rings (SSSR count). The first kappa shape index (κ1) is 15.0. The van der Waals surface area contributed by atoms with Crippen molar-refractivity contribution >= 4 is 22.4 Å². The highest BCUT2D eigenvalue weighted by Gasteiger charge is 2.25. The Hall–Kier alpha value is -0.380. The maximum Gasteiger partial charge on any atom is 0.0500 e. The summed E-state index contributed by atoms with van der Waals surface area (Å²) in [5.41, 5.74) is 0.999. The summed E-state index contributed by atoms with van der Waals surface area (Å²) in [4.78, 5) is 0. The quantitative estimate of drug-likeness (QED) is 0.872. The van der Waals surface area contributed by atoms with E-state index in [0.29, 0.717) is 17.7 Å². The number of hydrogen-bond donors (Lipinski definition) is 1. The molecular formula is C15H22ClNOS. The third-order valence-electron chi connectivity index (χ3n) is 4.02. The molecule has 0 radical (unpaired) electrons. The lowest BCUT2D eigenvalue weighted by molar-refractivity contribution is 0.416. The highest BCUT2D eigenvalue weighted by atomic mass is 35.5. The number of nitrogens with one attached hydrogen (secondary N) is 1. The highest BCUT2D eigenvalue weighted by Crippen LogP contribution is 2.28. The molecule has 1 aromatic rings. The van der Waals surface area contributed by atoms with E-state index in [2.05, 4.69) is 5.32 Å². The van der Waals surface area contributed by atoms with Gasteiger partial charge in [-0.2, -0.15) is 0 Å². The lowest BCUT2D eigenvalue weighted by Gasteiger charge is -2.18. The zero-order valence-electron chi connectivity index (χ0n) is 11.4. The zero-order chi connectivity index (χ0) is 13.7. The molecule has 1 aromatic carbocycles. The monoisotopic (exact) mass is 299 g/mol. The Labute approximate surface area is 123 Å². The molecule has 106 valence electrons. The molecule has 1 saturated carbocycles. The largest absolute Gasteiger partial charge is 0.317 e. The Morgan fingerprint density at radius 2 is 2.16 bits per heavy atom. The van der Waals surface area contributed by atoms with Crippen LogP contribution in [0.4, 0.5) is 0 Å². The van der Waals surface area contributed by atoms with Gasteiger partial charge in [0.15, 0.2) is 0 Å². The van der Waals surface area contributed by atoms with Crippen LogP contribution in [-0.2, 0) is 16.6 Å². The van der Waals surface area contributed by atoms with E-state index in [-0.39, 0.29) is 0 Å². The number of hydrogen-bond acceptors (Lipinski definition) is 2. The smallest absolute Gasteiger partial charge is 0.0500 e. The molecule has 4 heteroatoms. The molecule has 0 bridgehead atoms. The minimum Gasteiger partial charge on any atom is -0.317 e. The van der Waals surface area contributed by atoms with E-state index >= 15 is 0 Å². The van der Waals surface area contributed by atoms with Gasteiger partial charge in [-0.25, -0.2) is 0 Å². The molecule has 3 unspecified atom stereocenters. The summed E-state index contributed by atoms with van der Waals surface area (Å²) < 4.78 is 12.1. The van der Waals surface area contributed by atoms with Gasteiger partial charge in [-0.1, -0.05) is 36.2 Å². The summed E-state index contributed by atoms with van der Waals surface area (Å²) in [6.45, 7) is 0. The van der Waals surface area contributed by atoms with Crippen LogP contribution in [0.15, 0.2) is 24.3 Å². The van der Waals surface area contributed by atoms with Crippen LogP contribution >= 0.6 is 11.6 Å². The molecule has 1 aliphatic rings. The standard InChI is InChI=1S/C15H22ClNOS/c1-17-15-8-4-6-12(15)9-10-19(18)11-13-5-2-3-7-14(13)16/h2-3,5,7,12,15,17H,4,6,8-11H2,1H3. The van der Waals surface area contributed by atoms with Gasteiger partial charge in [0.2, 0.25) is 0 Å². The lowest BCUT2D eigenvalue weighted by Crippen LogP contribution is -2.29. The van der Waals surface area contributed by atoms with E-state index in [1.54, 1.807) is 0 Å². The molecule has 0 saturated heterocycles. The normalized spacial score (nSPS) is 24.5. The second-order valence-electron chi connectivity index (χ2n) is 5.25. The van der Waals surface area contributed by atoms with Gasteiger partial charge < -0.3 is 5.32 Å². The van der Waals surface area contributed by atoms with Crippen LogP contribution in [-0.4, -0.2) is 23.1 Å². The second-order valence-corrected chi connectivity index (χ2v) is 7.24. The summed E-state index contributed by atoms with van der Waals surface area (Å²) in [5.74, 6) is 2.06. The van der Waals surface area contributed by atoms with Crippen LogP contribution < -0.4 is 5.32 Å². The van der Waals surface area contributed by atoms with Gasteiger partial charge in [-0.05, 0) is 43.9 Å². The third-order valence-corrected chi connectivity index (χ3v) is 5.71. The Morgan fingerprint density at radius 1 is 1.37 bits per heavy atom. The van der Waals surface area contributed by atoms with Crippen molar-refractivity contribution in [2.24, 2.45) is 5.92 Å². The van der Waals surface area contributed by atoms with Crippen LogP contribution in [0.5, 0.6) is 0 Å². The maximum atomic E-state index is 12.1. The van der Waals surface area contributed by atoms with E-state index < -0.39 is 10.8 Å². The SMILES string of the molecule is CNC1CCCC1CCS(=O)Cc1ccccc1Cl. The van der Waals surface area contributed by atoms with Crippen molar-refractivity contribution in [3.05, 3.63) is 34.9 Å².